The molecule has 0 amide bonds. The maximum Gasteiger partial charge on any atom is 0.199 e. The number of hydrogen-bond acceptors (Lipinski definition) is 6. The summed E-state index contributed by atoms with van der Waals surface area (Å²) in [7, 11) is 1.61. The number of para-hydroxylation sites is 1. The van der Waals surface area contributed by atoms with Crippen molar-refractivity contribution >= 4 is 11.4 Å². The number of hydrogen-bond donors (Lipinski definition) is 1. The van der Waals surface area contributed by atoms with E-state index in [1.165, 1.54) is 0 Å². The second-order valence-electron chi connectivity index (χ2n) is 6.28. The standard InChI is InChI=1S/C20H22N2O4/c1-23-20-16(22-21-15-10-6-3-7-11-15)12-17-18(26-20)13-24-19(25-17)14-8-4-2-5-9-14/h2-11,17-21H,12-13H2,1H3/b22-16-/t17-,18?,19?,20-/m1/s1. The zero-order valence-electron chi connectivity index (χ0n) is 14.6. The molecule has 0 saturated carbocycles. The molecule has 136 valence electrons. The van der Waals surface area contributed by atoms with E-state index >= 15 is 0 Å². The molecule has 2 aromatic rings. The number of anilines is 1. The zero-order valence-corrected chi connectivity index (χ0v) is 14.6. The van der Waals surface area contributed by atoms with Crippen LogP contribution in [0.15, 0.2) is 65.8 Å². The first-order chi connectivity index (χ1) is 12.8. The number of nitrogens with zero attached hydrogens (tertiary/aromatic N) is 1. The first-order valence-corrected chi connectivity index (χ1v) is 8.71. The van der Waals surface area contributed by atoms with E-state index in [9.17, 15) is 0 Å². The van der Waals surface area contributed by atoms with Gasteiger partial charge in [0.2, 0.25) is 0 Å². The van der Waals surface area contributed by atoms with E-state index in [0.717, 1.165) is 17.0 Å². The Labute approximate surface area is 152 Å². The van der Waals surface area contributed by atoms with Gasteiger partial charge >= 0.3 is 0 Å². The van der Waals surface area contributed by atoms with Gasteiger partial charge in [0, 0.05) is 19.1 Å². The summed E-state index contributed by atoms with van der Waals surface area (Å²) >= 11 is 0. The van der Waals surface area contributed by atoms with Crippen molar-refractivity contribution in [2.24, 2.45) is 5.10 Å². The summed E-state index contributed by atoms with van der Waals surface area (Å²) in [6, 6.07) is 19.7. The number of nitrogens with one attached hydrogen (secondary N) is 1. The van der Waals surface area contributed by atoms with E-state index < -0.39 is 6.29 Å². The summed E-state index contributed by atoms with van der Waals surface area (Å²) in [6.07, 6.45) is -0.570. The zero-order chi connectivity index (χ0) is 17.8. The molecule has 2 fully saturated rings. The average molecular weight is 354 g/mol. The van der Waals surface area contributed by atoms with Crippen molar-refractivity contribution in [2.75, 3.05) is 19.1 Å². The van der Waals surface area contributed by atoms with Crippen molar-refractivity contribution in [1.82, 2.24) is 0 Å². The van der Waals surface area contributed by atoms with Gasteiger partial charge in [-0.1, -0.05) is 48.5 Å². The van der Waals surface area contributed by atoms with Crippen molar-refractivity contribution in [1.29, 1.82) is 0 Å². The third-order valence-corrected chi connectivity index (χ3v) is 4.49. The predicted molar refractivity (Wildman–Crippen MR) is 97.8 cm³/mol. The molecule has 0 aromatic heterocycles. The molecule has 6 nitrogen and oxygen atoms in total. The van der Waals surface area contributed by atoms with Crippen LogP contribution in [0.25, 0.3) is 0 Å². The highest BCUT2D eigenvalue weighted by molar-refractivity contribution is 5.89. The molecule has 6 heteroatoms. The molecule has 4 atom stereocenters. The van der Waals surface area contributed by atoms with Crippen molar-refractivity contribution in [3.05, 3.63) is 66.2 Å². The van der Waals surface area contributed by atoms with Gasteiger partial charge in [0.15, 0.2) is 12.6 Å². The molecule has 0 bridgehead atoms. The van der Waals surface area contributed by atoms with Crippen LogP contribution in [-0.4, -0.2) is 37.9 Å². The van der Waals surface area contributed by atoms with E-state index in [1.54, 1.807) is 7.11 Å². The molecule has 2 aromatic carbocycles. The van der Waals surface area contributed by atoms with Gasteiger partial charge in [-0.05, 0) is 12.1 Å². The van der Waals surface area contributed by atoms with Gasteiger partial charge in [-0.3, -0.25) is 5.43 Å². The van der Waals surface area contributed by atoms with E-state index in [2.05, 4.69) is 10.5 Å². The lowest BCUT2D eigenvalue weighted by molar-refractivity contribution is -0.290. The number of rotatable bonds is 4. The Bertz CT molecular complexity index is 738. The molecule has 2 heterocycles. The van der Waals surface area contributed by atoms with Gasteiger partial charge in [-0.25, -0.2) is 0 Å². The van der Waals surface area contributed by atoms with Gasteiger partial charge in [0.05, 0.1) is 24.1 Å². The summed E-state index contributed by atoms with van der Waals surface area (Å²) in [5.74, 6) is 0. The van der Waals surface area contributed by atoms with Crippen molar-refractivity contribution in [3.63, 3.8) is 0 Å². The SMILES string of the molecule is CO[C@@H]1OC2COC(c3ccccc3)O[C@@H]2C/C1=N/Nc1ccccc1. The van der Waals surface area contributed by atoms with Gasteiger partial charge in [0.1, 0.15) is 6.10 Å². The predicted octanol–water partition coefficient (Wildman–Crippen LogP) is 3.33. The lowest BCUT2D eigenvalue weighted by Gasteiger charge is -2.41. The minimum Gasteiger partial charge on any atom is -0.351 e. The van der Waals surface area contributed by atoms with Crippen molar-refractivity contribution in [3.8, 4) is 0 Å². The van der Waals surface area contributed by atoms with Gasteiger partial charge in [0.25, 0.3) is 0 Å². The molecular formula is C20H22N2O4. The van der Waals surface area contributed by atoms with Crippen molar-refractivity contribution < 1.29 is 18.9 Å². The third-order valence-electron chi connectivity index (χ3n) is 4.49. The summed E-state index contributed by atoms with van der Waals surface area (Å²) in [5, 5.41) is 4.49. The van der Waals surface area contributed by atoms with Crippen LogP contribution in [0.3, 0.4) is 0 Å². The Morgan fingerprint density at radius 1 is 0.962 bits per heavy atom. The normalized spacial score (nSPS) is 30.0. The number of methoxy groups -OCH3 is 1. The van der Waals surface area contributed by atoms with Crippen LogP contribution in [0.1, 0.15) is 18.3 Å². The van der Waals surface area contributed by atoms with Gasteiger partial charge < -0.3 is 18.9 Å². The van der Waals surface area contributed by atoms with Crippen LogP contribution < -0.4 is 5.43 Å². The molecule has 2 saturated heterocycles. The Morgan fingerprint density at radius 3 is 2.42 bits per heavy atom. The maximum absolute atomic E-state index is 6.14. The van der Waals surface area contributed by atoms with Gasteiger partial charge in [-0.15, -0.1) is 0 Å². The Kier molecular flexibility index (Phi) is 5.26. The highest BCUT2D eigenvalue weighted by atomic mass is 16.7. The van der Waals surface area contributed by atoms with E-state index in [1.807, 2.05) is 60.7 Å². The Morgan fingerprint density at radius 2 is 1.69 bits per heavy atom. The fourth-order valence-corrected chi connectivity index (χ4v) is 3.15. The monoisotopic (exact) mass is 354 g/mol. The molecule has 0 spiro atoms. The quantitative estimate of drug-likeness (QED) is 0.854. The first kappa shape index (κ1) is 17.2. The van der Waals surface area contributed by atoms with E-state index in [0.29, 0.717) is 13.0 Å². The molecule has 1 N–H and O–H groups in total. The summed E-state index contributed by atoms with van der Waals surface area (Å²) in [6.45, 7) is 0.462. The largest absolute Gasteiger partial charge is 0.351 e. The first-order valence-electron chi connectivity index (χ1n) is 8.71. The Balaban J connectivity index is 1.47. The van der Waals surface area contributed by atoms with E-state index in [-0.39, 0.29) is 18.5 Å². The number of fused-ring (bicyclic) bond motifs is 1. The van der Waals surface area contributed by atoms with Crippen LogP contribution in [0.4, 0.5) is 5.69 Å². The number of benzene rings is 2. The minimum atomic E-state index is -0.507. The molecular weight excluding hydrogens is 332 g/mol. The minimum absolute atomic E-state index is 0.128. The smallest absolute Gasteiger partial charge is 0.199 e. The topological polar surface area (TPSA) is 61.3 Å². The molecule has 26 heavy (non-hydrogen) atoms. The van der Waals surface area contributed by atoms with E-state index in [4.69, 9.17) is 18.9 Å². The van der Waals surface area contributed by atoms with Crippen LogP contribution >= 0.6 is 0 Å². The number of hydrazone groups is 1. The lowest BCUT2D eigenvalue weighted by Crippen LogP contribution is -2.52. The summed E-state index contributed by atoms with van der Waals surface area (Å²) in [4.78, 5) is 0. The number of ether oxygens (including phenoxy) is 4. The molecule has 0 aliphatic carbocycles. The molecule has 4 rings (SSSR count). The fraction of sp³-hybridized carbons (Fsp3) is 0.350. The van der Waals surface area contributed by atoms with Crippen molar-refractivity contribution in [2.45, 2.75) is 31.2 Å². The highest BCUT2D eigenvalue weighted by Crippen LogP contribution is 2.33. The second-order valence-corrected chi connectivity index (χ2v) is 6.28. The van der Waals surface area contributed by atoms with Crippen LogP contribution in [0.5, 0.6) is 0 Å². The van der Waals surface area contributed by atoms with Gasteiger partial charge in [-0.2, -0.15) is 5.10 Å². The van der Waals surface area contributed by atoms with Crippen LogP contribution in [0, 0.1) is 0 Å². The van der Waals surface area contributed by atoms with Crippen LogP contribution in [-0.2, 0) is 18.9 Å². The second kappa shape index (κ2) is 7.97. The third kappa shape index (κ3) is 3.78. The summed E-state index contributed by atoms with van der Waals surface area (Å²) in [5.41, 5.74) is 5.74. The lowest BCUT2D eigenvalue weighted by atomic mass is 10.0. The maximum atomic E-state index is 6.14. The Hall–Kier alpha value is -2.25. The molecule has 2 unspecified atom stereocenters. The average Bonchev–Trinajstić information content (AvgIpc) is 2.72. The molecule has 2 aliphatic heterocycles. The molecule has 0 radical (unpaired) electrons. The fourth-order valence-electron chi connectivity index (χ4n) is 3.15. The van der Waals surface area contributed by atoms with Crippen LogP contribution in [0.2, 0.25) is 0 Å². The summed E-state index contributed by atoms with van der Waals surface area (Å²) < 4.78 is 23.4. The molecule has 2 aliphatic rings. The highest BCUT2D eigenvalue weighted by Gasteiger charge is 2.41.